The minimum absolute atomic E-state index is 0.0816. The van der Waals surface area contributed by atoms with Crippen LogP contribution in [0.2, 0.25) is 0 Å². The number of hydrogen-bond acceptors (Lipinski definition) is 6. The molecule has 0 fully saturated rings. The molecule has 0 spiro atoms. The normalized spacial score (nSPS) is 10.1. The van der Waals surface area contributed by atoms with Crippen molar-refractivity contribution in [3.63, 3.8) is 0 Å². The van der Waals surface area contributed by atoms with Gasteiger partial charge in [0.25, 0.3) is 11.6 Å². The smallest absolute Gasteiger partial charge is 0.296 e. The lowest BCUT2D eigenvalue weighted by molar-refractivity contribution is -0.384. The van der Waals surface area contributed by atoms with E-state index in [4.69, 9.17) is 14.2 Å². The van der Waals surface area contributed by atoms with Gasteiger partial charge in [-0.25, -0.2) is 0 Å². The number of hydrogen-bond donors (Lipinski definition) is 1. The zero-order chi connectivity index (χ0) is 18.9. The highest BCUT2D eigenvalue weighted by molar-refractivity contribution is 5.94. The monoisotopic (exact) mass is 360 g/mol. The minimum atomic E-state index is -0.572. The van der Waals surface area contributed by atoms with Crippen LogP contribution >= 0.6 is 0 Å². The van der Waals surface area contributed by atoms with E-state index >= 15 is 0 Å². The average molecular weight is 360 g/mol. The molecule has 8 heteroatoms. The summed E-state index contributed by atoms with van der Waals surface area (Å²) in [5, 5.41) is 13.7. The Kier molecular flexibility index (Phi) is 6.78. The number of amides is 1. The fourth-order valence-electron chi connectivity index (χ4n) is 2.10. The Morgan fingerprint density at radius 3 is 2.54 bits per heavy atom. The van der Waals surface area contributed by atoms with Crippen molar-refractivity contribution in [2.75, 3.05) is 25.6 Å². The molecule has 0 aliphatic rings. The lowest BCUT2D eigenvalue weighted by Gasteiger charge is -2.10. The molecule has 1 N–H and O–H groups in total. The van der Waals surface area contributed by atoms with Crippen molar-refractivity contribution < 1.29 is 23.9 Å². The Balaban J connectivity index is 2.02. The Morgan fingerprint density at radius 2 is 1.85 bits per heavy atom. The number of nitrogens with one attached hydrogen (secondary N) is 1. The predicted octanol–water partition coefficient (Wildman–Crippen LogP) is 3.41. The van der Waals surface area contributed by atoms with Crippen molar-refractivity contribution >= 4 is 17.3 Å². The summed E-state index contributed by atoms with van der Waals surface area (Å²) in [5.74, 6) is 0.917. The van der Waals surface area contributed by atoms with Crippen LogP contribution in [0, 0.1) is 10.1 Å². The summed E-state index contributed by atoms with van der Waals surface area (Å²) in [5.41, 5.74) is -0.161. The third-order valence-corrected chi connectivity index (χ3v) is 3.32. The van der Waals surface area contributed by atoms with Gasteiger partial charge in [0, 0.05) is 6.07 Å². The molecular formula is C18H20N2O6. The number of methoxy groups -OCH3 is 1. The molecule has 2 rings (SSSR count). The molecule has 0 bridgehead atoms. The van der Waals surface area contributed by atoms with Gasteiger partial charge < -0.3 is 19.5 Å². The van der Waals surface area contributed by atoms with Crippen molar-refractivity contribution in [1.82, 2.24) is 0 Å². The molecule has 0 heterocycles. The number of carbonyl (C=O) groups is 1. The minimum Gasteiger partial charge on any atom is -0.497 e. The van der Waals surface area contributed by atoms with Crippen LogP contribution < -0.4 is 19.5 Å². The van der Waals surface area contributed by atoms with Gasteiger partial charge >= 0.3 is 0 Å². The second-order valence-electron chi connectivity index (χ2n) is 5.30. The van der Waals surface area contributed by atoms with Gasteiger partial charge in [0.2, 0.25) is 0 Å². The molecule has 138 valence electrons. The zero-order valence-corrected chi connectivity index (χ0v) is 14.6. The zero-order valence-electron chi connectivity index (χ0n) is 14.6. The van der Waals surface area contributed by atoms with Crippen molar-refractivity contribution in [3.8, 4) is 17.2 Å². The molecule has 0 atom stereocenters. The highest BCUT2D eigenvalue weighted by Crippen LogP contribution is 2.29. The molecule has 0 saturated heterocycles. The van der Waals surface area contributed by atoms with Gasteiger partial charge in [0.1, 0.15) is 22.9 Å². The molecule has 2 aromatic rings. The molecule has 2 aromatic carbocycles. The fourth-order valence-corrected chi connectivity index (χ4v) is 2.10. The van der Waals surface area contributed by atoms with E-state index in [1.807, 2.05) is 6.92 Å². The Bertz CT molecular complexity index is 778. The number of anilines is 1. The maximum absolute atomic E-state index is 12.1. The summed E-state index contributed by atoms with van der Waals surface area (Å²) in [6.07, 6.45) is 0.786. The van der Waals surface area contributed by atoms with Crippen LogP contribution in [0.5, 0.6) is 17.2 Å². The van der Waals surface area contributed by atoms with E-state index in [0.717, 1.165) is 6.42 Å². The fraction of sp³-hybridized carbons (Fsp3) is 0.278. The summed E-state index contributed by atoms with van der Waals surface area (Å²) in [6.45, 7) is 2.10. The van der Waals surface area contributed by atoms with Gasteiger partial charge in [-0.05, 0) is 30.7 Å². The van der Waals surface area contributed by atoms with E-state index in [1.165, 1.54) is 19.2 Å². The highest BCUT2D eigenvalue weighted by atomic mass is 16.6. The number of nitro groups is 1. The Hall–Kier alpha value is -3.29. The van der Waals surface area contributed by atoms with Crippen LogP contribution in [0.15, 0.2) is 42.5 Å². The first kappa shape index (κ1) is 19.0. The molecule has 0 unspecified atom stereocenters. The average Bonchev–Trinajstić information content (AvgIpc) is 2.65. The van der Waals surface area contributed by atoms with E-state index in [1.54, 1.807) is 30.3 Å². The van der Waals surface area contributed by atoms with Gasteiger partial charge in [0.15, 0.2) is 6.61 Å². The van der Waals surface area contributed by atoms with Crippen molar-refractivity contribution in [1.29, 1.82) is 0 Å². The van der Waals surface area contributed by atoms with Gasteiger partial charge in [0.05, 0.1) is 24.7 Å². The maximum atomic E-state index is 12.1. The Morgan fingerprint density at radius 1 is 1.12 bits per heavy atom. The van der Waals surface area contributed by atoms with Gasteiger partial charge in [-0.2, -0.15) is 0 Å². The summed E-state index contributed by atoms with van der Waals surface area (Å²) < 4.78 is 15.8. The number of nitro benzene ring substituents is 1. The highest BCUT2D eigenvalue weighted by Gasteiger charge is 2.17. The molecule has 0 aliphatic carbocycles. The standard InChI is InChI=1S/C18H20N2O6/c1-3-9-25-15-7-8-16(17(11-15)20(22)23)19-18(21)12-26-14-6-4-5-13(10-14)24-2/h4-8,10-11H,3,9,12H2,1-2H3,(H,19,21). The largest absolute Gasteiger partial charge is 0.497 e. The van der Waals surface area contributed by atoms with Crippen LogP contribution in [-0.2, 0) is 4.79 Å². The molecule has 8 nitrogen and oxygen atoms in total. The molecule has 0 aliphatic heterocycles. The second kappa shape index (κ2) is 9.26. The van der Waals surface area contributed by atoms with E-state index < -0.39 is 10.8 Å². The lowest BCUT2D eigenvalue weighted by Crippen LogP contribution is -2.20. The SMILES string of the molecule is CCCOc1ccc(NC(=O)COc2cccc(OC)c2)c([N+](=O)[O-])c1. The number of ether oxygens (including phenoxy) is 3. The quantitative estimate of drug-likeness (QED) is 0.543. The number of nitrogens with zero attached hydrogens (tertiary/aromatic N) is 1. The molecule has 0 saturated carbocycles. The molecule has 0 aromatic heterocycles. The van der Waals surface area contributed by atoms with Gasteiger partial charge in [-0.1, -0.05) is 13.0 Å². The summed E-state index contributed by atoms with van der Waals surface area (Å²) in [6, 6.07) is 11.1. The maximum Gasteiger partial charge on any atom is 0.296 e. The van der Waals surface area contributed by atoms with E-state index in [-0.39, 0.29) is 18.0 Å². The third-order valence-electron chi connectivity index (χ3n) is 3.32. The second-order valence-corrected chi connectivity index (χ2v) is 5.30. The van der Waals surface area contributed by atoms with E-state index in [2.05, 4.69) is 5.32 Å². The van der Waals surface area contributed by atoms with Crippen LogP contribution in [0.1, 0.15) is 13.3 Å². The summed E-state index contributed by atoms with van der Waals surface area (Å²) in [7, 11) is 1.53. The summed E-state index contributed by atoms with van der Waals surface area (Å²) in [4.78, 5) is 22.7. The third kappa shape index (κ3) is 5.37. The molecule has 0 radical (unpaired) electrons. The first-order chi connectivity index (χ1) is 12.5. The van der Waals surface area contributed by atoms with Gasteiger partial charge in [-0.3, -0.25) is 14.9 Å². The number of rotatable bonds is 9. The topological polar surface area (TPSA) is 99.9 Å². The van der Waals surface area contributed by atoms with Gasteiger partial charge in [-0.15, -0.1) is 0 Å². The number of benzene rings is 2. The van der Waals surface area contributed by atoms with E-state index in [9.17, 15) is 14.9 Å². The Labute approximate surface area is 150 Å². The van der Waals surface area contributed by atoms with Crippen LogP contribution in [0.3, 0.4) is 0 Å². The molecular weight excluding hydrogens is 340 g/mol. The first-order valence-electron chi connectivity index (χ1n) is 8.01. The molecule has 1 amide bonds. The summed E-state index contributed by atoms with van der Waals surface area (Å²) >= 11 is 0. The molecule has 26 heavy (non-hydrogen) atoms. The van der Waals surface area contributed by atoms with Crippen LogP contribution in [0.4, 0.5) is 11.4 Å². The van der Waals surface area contributed by atoms with Crippen LogP contribution in [-0.4, -0.2) is 31.2 Å². The van der Waals surface area contributed by atoms with Crippen molar-refractivity contribution in [3.05, 3.63) is 52.6 Å². The predicted molar refractivity (Wildman–Crippen MR) is 96.0 cm³/mol. The van der Waals surface area contributed by atoms with Crippen molar-refractivity contribution in [2.24, 2.45) is 0 Å². The lowest BCUT2D eigenvalue weighted by atomic mass is 10.2. The first-order valence-corrected chi connectivity index (χ1v) is 8.01. The van der Waals surface area contributed by atoms with Crippen LogP contribution in [0.25, 0.3) is 0 Å². The van der Waals surface area contributed by atoms with Crippen molar-refractivity contribution in [2.45, 2.75) is 13.3 Å². The van der Waals surface area contributed by atoms with E-state index in [0.29, 0.717) is 23.9 Å². The number of carbonyl (C=O) groups excluding carboxylic acids is 1.